The first-order valence-electron chi connectivity index (χ1n) is 8.40. The normalized spacial score (nSPS) is 24.1. The van der Waals surface area contributed by atoms with Gasteiger partial charge in [0.05, 0.1) is 18.7 Å². The molecule has 2 aliphatic heterocycles. The fourth-order valence-electron chi connectivity index (χ4n) is 3.36. The minimum atomic E-state index is -1.71. The zero-order valence-electron chi connectivity index (χ0n) is 15.4. The lowest BCUT2D eigenvalue weighted by molar-refractivity contribution is -0.190. The van der Waals surface area contributed by atoms with Crippen molar-refractivity contribution in [2.75, 3.05) is 13.7 Å². The third-order valence-electron chi connectivity index (χ3n) is 4.38. The van der Waals surface area contributed by atoms with E-state index >= 15 is 0 Å². The predicted molar refractivity (Wildman–Crippen MR) is 99.9 cm³/mol. The molecular weight excluding hydrogens is 395 g/mol. The number of ether oxygens (including phenoxy) is 2. The van der Waals surface area contributed by atoms with E-state index in [4.69, 9.17) is 37.5 Å². The summed E-state index contributed by atoms with van der Waals surface area (Å²) in [6.07, 6.45) is -0.229. The highest BCUT2D eigenvalue weighted by Gasteiger charge is 2.66. The Balaban J connectivity index is 1.99. The predicted octanol–water partition coefficient (Wildman–Crippen LogP) is 3.85. The van der Waals surface area contributed by atoms with Crippen molar-refractivity contribution in [2.45, 2.75) is 38.5 Å². The molecule has 27 heavy (non-hydrogen) atoms. The summed E-state index contributed by atoms with van der Waals surface area (Å²) in [5.41, 5.74) is -1.33. The molecule has 1 fully saturated rings. The summed E-state index contributed by atoms with van der Waals surface area (Å²) in [6, 6.07) is 4.95. The second kappa shape index (κ2) is 6.87. The molecule has 1 aromatic rings. The van der Waals surface area contributed by atoms with Crippen LogP contribution in [0.25, 0.3) is 0 Å². The number of rotatable bonds is 2. The largest absolute Gasteiger partial charge is 0.465 e. The number of fused-ring (bicyclic) bond motifs is 1. The summed E-state index contributed by atoms with van der Waals surface area (Å²) in [7, 11) is 1.23. The lowest BCUT2D eigenvalue weighted by atomic mass is 9.88. The van der Waals surface area contributed by atoms with E-state index in [0.29, 0.717) is 27.7 Å². The average molecular weight is 415 g/mol. The second-order valence-electron chi connectivity index (χ2n) is 7.39. The van der Waals surface area contributed by atoms with Gasteiger partial charge in [-0.3, -0.25) is 4.90 Å². The van der Waals surface area contributed by atoms with E-state index in [9.17, 15) is 9.59 Å². The van der Waals surface area contributed by atoms with E-state index in [0.717, 1.165) is 0 Å². The molecule has 2 atom stereocenters. The highest BCUT2D eigenvalue weighted by atomic mass is 35.5. The topological polar surface area (TPSA) is 77.4 Å². The van der Waals surface area contributed by atoms with Gasteiger partial charge in [0.15, 0.2) is 0 Å². The third kappa shape index (κ3) is 3.46. The number of benzene rings is 1. The highest BCUT2D eigenvalue weighted by Crippen LogP contribution is 2.45. The third-order valence-corrected chi connectivity index (χ3v) is 4.81. The molecule has 0 N–H and O–H groups in total. The molecule has 2 aliphatic rings. The maximum absolute atomic E-state index is 12.7. The van der Waals surface area contributed by atoms with Crippen molar-refractivity contribution in [3.63, 3.8) is 0 Å². The standard InChI is InChI=1S/C18H20Cl2N2O5/c1-17(2,3)26-16(24)22-6-5-13-14(10-7-11(19)9-12(20)8-10)21-27-18(13,22)15(23)25-4/h7-9,13H,5-6H2,1-4H3/t13-,18?/m0/s1. The number of amides is 1. The van der Waals surface area contributed by atoms with Crippen LogP contribution in [0.2, 0.25) is 10.0 Å². The molecular formula is C18H20Cl2N2O5. The minimum absolute atomic E-state index is 0.252. The SMILES string of the molecule is COC(=O)C12ON=C(c3cc(Cl)cc(Cl)c3)[C@@H]1CCN2C(=O)OC(C)(C)C. The molecule has 1 saturated heterocycles. The van der Waals surface area contributed by atoms with E-state index in [-0.39, 0.29) is 6.54 Å². The van der Waals surface area contributed by atoms with E-state index in [1.165, 1.54) is 12.0 Å². The number of hydrogen-bond donors (Lipinski definition) is 0. The number of oxime groups is 1. The zero-order chi connectivity index (χ0) is 20.0. The van der Waals surface area contributed by atoms with Gasteiger partial charge >= 0.3 is 17.8 Å². The molecule has 3 rings (SSSR count). The molecule has 0 radical (unpaired) electrons. The second-order valence-corrected chi connectivity index (χ2v) is 8.26. The van der Waals surface area contributed by atoms with E-state index in [2.05, 4.69) is 5.16 Å². The molecule has 0 spiro atoms. The maximum atomic E-state index is 12.7. The van der Waals surface area contributed by atoms with Crippen molar-refractivity contribution >= 4 is 41.0 Å². The van der Waals surface area contributed by atoms with Crippen LogP contribution in [0.4, 0.5) is 4.79 Å². The van der Waals surface area contributed by atoms with Gasteiger partial charge in [0.2, 0.25) is 0 Å². The highest BCUT2D eigenvalue weighted by molar-refractivity contribution is 6.35. The van der Waals surface area contributed by atoms with Crippen molar-refractivity contribution < 1.29 is 23.9 Å². The molecule has 2 heterocycles. The Kier molecular flexibility index (Phi) is 5.03. The molecule has 1 aromatic carbocycles. The Labute approximate surface area is 167 Å². The van der Waals surface area contributed by atoms with Crippen molar-refractivity contribution in [3.05, 3.63) is 33.8 Å². The number of esters is 1. The first kappa shape index (κ1) is 19.8. The van der Waals surface area contributed by atoms with Gasteiger partial charge in [-0.05, 0) is 45.4 Å². The first-order valence-corrected chi connectivity index (χ1v) is 9.15. The van der Waals surface area contributed by atoms with Gasteiger partial charge in [-0.1, -0.05) is 28.4 Å². The summed E-state index contributed by atoms with van der Waals surface area (Å²) in [5, 5.41) is 4.95. The Morgan fingerprint density at radius 2 is 1.89 bits per heavy atom. The van der Waals surface area contributed by atoms with Gasteiger partial charge in [0.25, 0.3) is 0 Å². The van der Waals surface area contributed by atoms with Crippen LogP contribution in [0.5, 0.6) is 0 Å². The van der Waals surface area contributed by atoms with E-state index in [1.807, 2.05) is 0 Å². The van der Waals surface area contributed by atoms with Gasteiger partial charge < -0.3 is 14.3 Å². The van der Waals surface area contributed by atoms with Crippen LogP contribution < -0.4 is 0 Å². The first-order chi connectivity index (χ1) is 12.6. The Bertz CT molecular complexity index is 800. The van der Waals surface area contributed by atoms with Crippen molar-refractivity contribution in [1.29, 1.82) is 0 Å². The minimum Gasteiger partial charge on any atom is -0.465 e. The summed E-state index contributed by atoms with van der Waals surface area (Å²) in [6.45, 7) is 5.49. The Morgan fingerprint density at radius 1 is 1.26 bits per heavy atom. The average Bonchev–Trinajstić information content (AvgIpc) is 3.08. The van der Waals surface area contributed by atoms with Crippen molar-refractivity contribution in [1.82, 2.24) is 4.90 Å². The summed E-state index contributed by atoms with van der Waals surface area (Å²) < 4.78 is 10.4. The summed E-state index contributed by atoms with van der Waals surface area (Å²) >= 11 is 12.2. The van der Waals surface area contributed by atoms with E-state index in [1.54, 1.807) is 39.0 Å². The molecule has 9 heteroatoms. The van der Waals surface area contributed by atoms with Crippen LogP contribution in [0, 0.1) is 5.92 Å². The lowest BCUT2D eigenvalue weighted by Gasteiger charge is -2.34. The van der Waals surface area contributed by atoms with Crippen LogP contribution in [-0.4, -0.2) is 47.7 Å². The van der Waals surface area contributed by atoms with Crippen LogP contribution >= 0.6 is 23.2 Å². The molecule has 1 unspecified atom stereocenters. The maximum Gasteiger partial charge on any atom is 0.413 e. The number of methoxy groups -OCH3 is 1. The molecule has 146 valence electrons. The molecule has 0 aliphatic carbocycles. The Hall–Kier alpha value is -1.99. The summed E-state index contributed by atoms with van der Waals surface area (Å²) in [4.78, 5) is 32.2. The van der Waals surface area contributed by atoms with Crippen molar-refractivity contribution in [2.24, 2.45) is 11.1 Å². The number of nitrogens with zero attached hydrogens (tertiary/aromatic N) is 2. The van der Waals surface area contributed by atoms with Crippen LogP contribution in [0.15, 0.2) is 23.4 Å². The number of halogens is 2. The number of likely N-dealkylation sites (tertiary alicyclic amines) is 1. The molecule has 7 nitrogen and oxygen atoms in total. The fourth-order valence-corrected chi connectivity index (χ4v) is 3.89. The molecule has 0 saturated carbocycles. The quantitative estimate of drug-likeness (QED) is 0.686. The molecule has 1 amide bonds. The van der Waals surface area contributed by atoms with Crippen LogP contribution in [0.3, 0.4) is 0 Å². The van der Waals surface area contributed by atoms with Gasteiger partial charge in [-0.15, -0.1) is 0 Å². The van der Waals surface area contributed by atoms with Crippen molar-refractivity contribution in [3.8, 4) is 0 Å². The molecule has 0 bridgehead atoms. The van der Waals surface area contributed by atoms with Crippen LogP contribution in [0.1, 0.15) is 32.8 Å². The number of carbonyl (C=O) groups is 2. The van der Waals surface area contributed by atoms with Gasteiger partial charge in [0.1, 0.15) is 5.60 Å². The number of hydrogen-bond acceptors (Lipinski definition) is 6. The molecule has 0 aromatic heterocycles. The monoisotopic (exact) mass is 414 g/mol. The zero-order valence-corrected chi connectivity index (χ0v) is 16.9. The fraction of sp³-hybridized carbons (Fsp3) is 0.500. The van der Waals surface area contributed by atoms with Gasteiger partial charge in [0, 0.05) is 22.2 Å². The van der Waals surface area contributed by atoms with Gasteiger partial charge in [-0.2, -0.15) is 0 Å². The van der Waals surface area contributed by atoms with Gasteiger partial charge in [-0.25, -0.2) is 9.59 Å². The van der Waals surface area contributed by atoms with Crippen LogP contribution in [-0.2, 0) is 19.1 Å². The number of carbonyl (C=O) groups excluding carboxylic acids is 2. The Morgan fingerprint density at radius 3 is 2.44 bits per heavy atom. The lowest BCUT2D eigenvalue weighted by Crippen LogP contribution is -2.58. The summed E-state index contributed by atoms with van der Waals surface area (Å²) in [5.74, 6) is -1.25. The smallest absolute Gasteiger partial charge is 0.413 e. The van der Waals surface area contributed by atoms with E-state index < -0.39 is 29.3 Å².